The number of hydrogen-bond donors (Lipinski definition) is 3. The number of hydrogen-bond acceptors (Lipinski definition) is 5. The van der Waals surface area contributed by atoms with Gasteiger partial charge in [-0.3, -0.25) is 4.79 Å². The van der Waals surface area contributed by atoms with Crippen molar-refractivity contribution < 1.29 is 18.7 Å². The number of anilines is 2. The minimum atomic E-state index is -1.46. The van der Waals surface area contributed by atoms with Crippen LogP contribution in [-0.2, 0) is 0 Å². The van der Waals surface area contributed by atoms with Gasteiger partial charge in [-0.05, 0) is 44.6 Å². The Labute approximate surface area is 172 Å². The van der Waals surface area contributed by atoms with E-state index in [0.717, 1.165) is 31.9 Å². The summed E-state index contributed by atoms with van der Waals surface area (Å²) < 4.78 is 31.1. The van der Waals surface area contributed by atoms with Gasteiger partial charge < -0.3 is 26.0 Å². The summed E-state index contributed by atoms with van der Waals surface area (Å²) in [7, 11) is 1.72. The molecule has 0 bridgehead atoms. The smallest absolute Gasteiger partial charge is 0.341 e. The lowest BCUT2D eigenvalue weighted by molar-refractivity contribution is 0.0692. The summed E-state index contributed by atoms with van der Waals surface area (Å²) in [6, 6.07) is 0.616. The fraction of sp³-hybridized carbons (Fsp3) is 0.524. The highest BCUT2D eigenvalue weighted by Gasteiger charge is 2.37. The van der Waals surface area contributed by atoms with Crippen LogP contribution in [0.25, 0.3) is 10.9 Å². The molecule has 2 fully saturated rings. The van der Waals surface area contributed by atoms with Crippen molar-refractivity contribution in [3.8, 4) is 0 Å². The molecule has 2 aromatic rings. The monoisotopic (exact) mass is 420 g/mol. The molecule has 1 aromatic heterocycles. The van der Waals surface area contributed by atoms with Crippen molar-refractivity contribution in [2.24, 2.45) is 5.73 Å². The zero-order valence-electron chi connectivity index (χ0n) is 16.8. The number of carbonyl (C=O) groups is 1. The van der Waals surface area contributed by atoms with Gasteiger partial charge in [0, 0.05) is 31.0 Å². The number of nitrogens with zero attached hydrogens (tertiary/aromatic N) is 2. The minimum absolute atomic E-state index is 0.0256. The van der Waals surface area contributed by atoms with E-state index in [1.54, 1.807) is 11.9 Å². The molecular formula is C21H26F2N4O3. The molecule has 4 rings (SSSR count). The van der Waals surface area contributed by atoms with E-state index in [-0.39, 0.29) is 27.8 Å². The van der Waals surface area contributed by atoms with Crippen molar-refractivity contribution in [2.45, 2.75) is 56.3 Å². The van der Waals surface area contributed by atoms with Crippen LogP contribution in [0.2, 0.25) is 0 Å². The lowest BCUT2D eigenvalue weighted by Crippen LogP contribution is -2.33. The zero-order chi connectivity index (χ0) is 21.8. The highest BCUT2D eigenvalue weighted by molar-refractivity contribution is 5.99. The van der Waals surface area contributed by atoms with Crippen molar-refractivity contribution in [2.75, 3.05) is 24.2 Å². The normalized spacial score (nSPS) is 22.0. The number of aromatic nitrogens is 1. The van der Waals surface area contributed by atoms with Crippen LogP contribution in [0.1, 0.15) is 54.9 Å². The number of rotatable bonds is 7. The Morgan fingerprint density at radius 2 is 2.10 bits per heavy atom. The molecule has 1 aromatic carbocycles. The average Bonchev–Trinajstić information content (AvgIpc) is 3.41. The number of carboxylic acids is 1. The number of nitrogen functional groups attached to an aromatic ring is 1. The van der Waals surface area contributed by atoms with E-state index in [1.807, 2.05) is 0 Å². The Hall–Kier alpha value is -2.68. The summed E-state index contributed by atoms with van der Waals surface area (Å²) in [4.78, 5) is 26.0. The molecule has 162 valence electrons. The van der Waals surface area contributed by atoms with Gasteiger partial charge in [-0.1, -0.05) is 0 Å². The number of benzene rings is 1. The van der Waals surface area contributed by atoms with Crippen molar-refractivity contribution in [3.05, 3.63) is 33.9 Å². The van der Waals surface area contributed by atoms with Crippen LogP contribution < -0.4 is 21.8 Å². The van der Waals surface area contributed by atoms with Gasteiger partial charge in [0.15, 0.2) is 5.82 Å². The second-order valence-corrected chi connectivity index (χ2v) is 8.66. The Kier molecular flexibility index (Phi) is 4.96. The predicted molar refractivity (Wildman–Crippen MR) is 111 cm³/mol. The highest BCUT2D eigenvalue weighted by atomic mass is 19.1. The first-order valence-corrected chi connectivity index (χ1v) is 10.2. The van der Waals surface area contributed by atoms with Gasteiger partial charge in [-0.2, -0.15) is 0 Å². The van der Waals surface area contributed by atoms with Crippen LogP contribution in [-0.4, -0.2) is 40.9 Å². The Morgan fingerprint density at radius 1 is 1.40 bits per heavy atom. The van der Waals surface area contributed by atoms with E-state index in [4.69, 9.17) is 11.5 Å². The van der Waals surface area contributed by atoms with Gasteiger partial charge in [0.05, 0.1) is 22.6 Å². The molecule has 2 saturated carbocycles. The lowest BCUT2D eigenvalue weighted by atomic mass is 9.89. The predicted octanol–water partition coefficient (Wildman–Crippen LogP) is 2.80. The van der Waals surface area contributed by atoms with Gasteiger partial charge in [-0.25, -0.2) is 13.6 Å². The molecule has 1 heterocycles. The van der Waals surface area contributed by atoms with E-state index in [9.17, 15) is 19.1 Å². The third-order valence-corrected chi connectivity index (χ3v) is 6.46. The number of fused-ring (bicyclic) bond motifs is 1. The summed E-state index contributed by atoms with van der Waals surface area (Å²) in [6.45, 7) is 0.535. The van der Waals surface area contributed by atoms with Gasteiger partial charge in [0.2, 0.25) is 5.43 Å². The lowest BCUT2D eigenvalue weighted by Gasteiger charge is -2.34. The first-order chi connectivity index (χ1) is 14.1. The van der Waals surface area contributed by atoms with E-state index >= 15 is 4.39 Å². The summed E-state index contributed by atoms with van der Waals surface area (Å²) in [5.74, 6) is -2.16. The molecule has 5 N–H and O–H groups in total. The van der Waals surface area contributed by atoms with E-state index in [1.165, 1.54) is 10.6 Å². The number of nitrogens with two attached hydrogens (primary N) is 2. The average molecular weight is 420 g/mol. The number of halogens is 2. The molecule has 2 aliphatic rings. The second-order valence-electron chi connectivity index (χ2n) is 8.66. The third-order valence-electron chi connectivity index (χ3n) is 6.46. The van der Waals surface area contributed by atoms with Crippen LogP contribution in [0.15, 0.2) is 17.1 Å². The SMILES string of the molecule is CN(CCCC1(N)CC1)c1cc(N)c2c(=O)c(C(=O)O)cn(C3CCC3F)c2c1F. The minimum Gasteiger partial charge on any atom is -0.477 e. The van der Waals surface area contributed by atoms with Crippen LogP contribution in [0.4, 0.5) is 20.2 Å². The maximum Gasteiger partial charge on any atom is 0.341 e. The van der Waals surface area contributed by atoms with Crippen LogP contribution in [0.3, 0.4) is 0 Å². The highest BCUT2D eigenvalue weighted by Crippen LogP contribution is 2.40. The number of carboxylic acid groups (broad SMARTS) is 1. The zero-order valence-corrected chi connectivity index (χ0v) is 16.8. The molecule has 7 nitrogen and oxygen atoms in total. The molecule has 0 aliphatic heterocycles. The molecule has 2 unspecified atom stereocenters. The van der Waals surface area contributed by atoms with Crippen LogP contribution >= 0.6 is 0 Å². The largest absolute Gasteiger partial charge is 0.477 e. The first-order valence-electron chi connectivity index (χ1n) is 10.2. The summed E-state index contributed by atoms with van der Waals surface area (Å²) >= 11 is 0. The fourth-order valence-corrected chi connectivity index (χ4v) is 4.17. The topological polar surface area (TPSA) is 115 Å². The Balaban J connectivity index is 1.81. The van der Waals surface area contributed by atoms with Crippen LogP contribution in [0.5, 0.6) is 0 Å². The first kappa shape index (κ1) is 20.6. The van der Waals surface area contributed by atoms with Gasteiger partial charge in [0.1, 0.15) is 11.7 Å². The summed E-state index contributed by atoms with van der Waals surface area (Å²) in [5, 5.41) is 9.18. The number of alkyl halides is 1. The fourth-order valence-electron chi connectivity index (χ4n) is 4.17. The van der Waals surface area contributed by atoms with Gasteiger partial charge in [-0.15, -0.1) is 0 Å². The molecule has 0 amide bonds. The van der Waals surface area contributed by atoms with Crippen LogP contribution in [0, 0.1) is 5.82 Å². The number of pyridine rings is 1. The number of aromatic carboxylic acids is 1. The Bertz CT molecular complexity index is 1080. The molecule has 0 radical (unpaired) electrons. The quantitative estimate of drug-likeness (QED) is 0.594. The third kappa shape index (κ3) is 3.40. The maximum atomic E-state index is 15.6. The molecule has 2 atom stereocenters. The van der Waals surface area contributed by atoms with Gasteiger partial charge >= 0.3 is 5.97 Å². The van der Waals surface area contributed by atoms with E-state index in [2.05, 4.69) is 0 Å². The Morgan fingerprint density at radius 3 is 2.63 bits per heavy atom. The molecule has 30 heavy (non-hydrogen) atoms. The van der Waals surface area contributed by atoms with E-state index in [0.29, 0.717) is 19.4 Å². The summed E-state index contributed by atoms with van der Waals surface area (Å²) in [6.07, 6.45) is 4.13. The molecule has 0 saturated heterocycles. The van der Waals surface area contributed by atoms with Crippen molar-refractivity contribution in [1.29, 1.82) is 0 Å². The maximum absolute atomic E-state index is 15.6. The van der Waals surface area contributed by atoms with Crippen molar-refractivity contribution in [3.63, 3.8) is 0 Å². The van der Waals surface area contributed by atoms with E-state index < -0.39 is 35.0 Å². The summed E-state index contributed by atoms with van der Waals surface area (Å²) in [5.41, 5.74) is 10.7. The van der Waals surface area contributed by atoms with Crippen molar-refractivity contribution >= 4 is 28.2 Å². The van der Waals surface area contributed by atoms with Crippen molar-refractivity contribution in [1.82, 2.24) is 4.57 Å². The molecule has 0 spiro atoms. The molecular weight excluding hydrogens is 394 g/mol. The molecule has 2 aliphatic carbocycles. The second kappa shape index (κ2) is 7.23. The molecule has 9 heteroatoms. The standard InChI is InChI=1S/C21H26F2N4O3/c1-26(8-2-5-21(25)6-7-21)15-9-13(24)16-18(17(15)23)27(14-4-3-12(14)22)10-11(19(16)28)20(29)30/h9-10,12,14H,2-8,24-25H2,1H3,(H,29,30). The van der Waals surface area contributed by atoms with Gasteiger partial charge in [0.25, 0.3) is 0 Å².